The van der Waals surface area contributed by atoms with Gasteiger partial charge >= 0.3 is 5.97 Å². The summed E-state index contributed by atoms with van der Waals surface area (Å²) in [7, 11) is 0. The molecule has 0 amide bonds. The van der Waals surface area contributed by atoms with Gasteiger partial charge in [-0.25, -0.2) is 4.79 Å². The molecule has 5 nitrogen and oxygen atoms in total. The molecule has 0 fully saturated rings. The summed E-state index contributed by atoms with van der Waals surface area (Å²) in [6.45, 7) is 0.514. The summed E-state index contributed by atoms with van der Waals surface area (Å²) in [6, 6.07) is 24.1. The van der Waals surface area contributed by atoms with E-state index in [1.807, 2.05) is 60.7 Å². The zero-order valence-electron chi connectivity index (χ0n) is 15.2. The molecule has 3 aromatic carbocycles. The van der Waals surface area contributed by atoms with Gasteiger partial charge in [0.05, 0.1) is 12.5 Å². The summed E-state index contributed by atoms with van der Waals surface area (Å²) in [6.07, 6.45) is 0.0890. The van der Waals surface area contributed by atoms with Gasteiger partial charge in [0.2, 0.25) is 0 Å². The molecule has 0 aromatic heterocycles. The maximum atomic E-state index is 11.7. The largest absolute Gasteiger partial charge is 0.489 e. The van der Waals surface area contributed by atoms with Gasteiger partial charge in [0.25, 0.3) is 0 Å². The predicted octanol–water partition coefficient (Wildman–Crippen LogP) is 4.61. The Kier molecular flexibility index (Phi) is 6.27. The van der Waals surface area contributed by atoms with Crippen molar-refractivity contribution in [2.45, 2.75) is 19.6 Å². The lowest BCUT2D eigenvalue weighted by Crippen LogP contribution is -2.07. The van der Waals surface area contributed by atoms with Crippen molar-refractivity contribution in [3.8, 4) is 17.6 Å². The van der Waals surface area contributed by atoms with Crippen molar-refractivity contribution < 1.29 is 19.4 Å². The maximum Gasteiger partial charge on any atom is 0.339 e. The minimum absolute atomic E-state index is 0.000632. The normalized spacial score (nSPS) is 10.1. The minimum Gasteiger partial charge on any atom is -0.489 e. The fraction of sp³-hybridized carbons (Fsp3) is 0.130. The van der Waals surface area contributed by atoms with Crippen LogP contribution in [0.15, 0.2) is 72.8 Å². The standard InChI is InChI=1S/C23H19NO4/c24-12-11-19-13-22(28-16-18-9-5-2-6-10-18)20(23(25)26)14-21(19)27-15-17-7-3-1-4-8-17/h1-10,13-14H,11,15-16H2,(H,25,26). The van der Waals surface area contributed by atoms with Crippen LogP contribution in [0.3, 0.4) is 0 Å². The van der Waals surface area contributed by atoms with E-state index in [1.54, 1.807) is 6.07 Å². The highest BCUT2D eigenvalue weighted by Crippen LogP contribution is 2.31. The Morgan fingerprint density at radius 2 is 1.39 bits per heavy atom. The molecule has 0 saturated carbocycles. The lowest BCUT2D eigenvalue weighted by Gasteiger charge is -2.15. The maximum absolute atomic E-state index is 11.7. The summed E-state index contributed by atoms with van der Waals surface area (Å²) in [5.74, 6) is -0.528. The van der Waals surface area contributed by atoms with Crippen LogP contribution in [0.4, 0.5) is 0 Å². The monoisotopic (exact) mass is 373 g/mol. The molecule has 0 aliphatic rings. The van der Waals surface area contributed by atoms with Crippen molar-refractivity contribution >= 4 is 5.97 Å². The summed E-state index contributed by atoms with van der Waals surface area (Å²) < 4.78 is 11.6. The molecule has 140 valence electrons. The molecule has 0 radical (unpaired) electrons. The second kappa shape index (κ2) is 9.24. The zero-order valence-corrected chi connectivity index (χ0v) is 15.2. The van der Waals surface area contributed by atoms with Gasteiger partial charge in [-0.15, -0.1) is 0 Å². The zero-order chi connectivity index (χ0) is 19.8. The number of ether oxygens (including phenoxy) is 2. The highest BCUT2D eigenvalue weighted by atomic mass is 16.5. The Hall–Kier alpha value is -3.78. The number of carboxylic acids is 1. The first-order chi connectivity index (χ1) is 13.7. The number of nitrogens with zero attached hydrogens (tertiary/aromatic N) is 1. The molecule has 3 rings (SSSR count). The van der Waals surface area contributed by atoms with Crippen molar-refractivity contribution in [3.63, 3.8) is 0 Å². The molecule has 0 saturated heterocycles. The average Bonchev–Trinajstić information content (AvgIpc) is 2.73. The first kappa shape index (κ1) is 19.0. The van der Waals surface area contributed by atoms with Gasteiger partial charge in [0.15, 0.2) is 0 Å². The van der Waals surface area contributed by atoms with E-state index in [0.717, 1.165) is 11.1 Å². The molecule has 3 aromatic rings. The Labute approximate surface area is 163 Å². The van der Waals surface area contributed by atoms with Crippen LogP contribution in [0.1, 0.15) is 27.0 Å². The van der Waals surface area contributed by atoms with Crippen LogP contribution in [0.2, 0.25) is 0 Å². The lowest BCUT2D eigenvalue weighted by molar-refractivity contribution is 0.0691. The third kappa shape index (κ3) is 4.89. The summed E-state index contributed by atoms with van der Waals surface area (Å²) >= 11 is 0. The molecule has 0 aliphatic heterocycles. The fourth-order valence-corrected chi connectivity index (χ4v) is 2.72. The molecule has 28 heavy (non-hydrogen) atoms. The van der Waals surface area contributed by atoms with E-state index < -0.39 is 5.97 Å². The second-order valence-corrected chi connectivity index (χ2v) is 6.14. The van der Waals surface area contributed by atoms with Crippen LogP contribution in [0, 0.1) is 11.3 Å². The van der Waals surface area contributed by atoms with E-state index in [9.17, 15) is 9.90 Å². The molecule has 0 spiro atoms. The van der Waals surface area contributed by atoms with Gasteiger partial charge in [0, 0.05) is 5.56 Å². The van der Waals surface area contributed by atoms with E-state index in [0.29, 0.717) is 11.3 Å². The lowest BCUT2D eigenvalue weighted by atomic mass is 10.1. The first-order valence-electron chi connectivity index (χ1n) is 8.78. The SMILES string of the molecule is N#CCc1cc(OCc2ccccc2)c(C(=O)O)cc1OCc1ccccc1. The highest BCUT2D eigenvalue weighted by molar-refractivity contribution is 5.91. The molecule has 1 N–H and O–H groups in total. The van der Waals surface area contributed by atoms with Gasteiger partial charge < -0.3 is 14.6 Å². The third-order valence-corrected chi connectivity index (χ3v) is 4.14. The minimum atomic E-state index is -1.11. The smallest absolute Gasteiger partial charge is 0.339 e. The van der Waals surface area contributed by atoms with Crippen LogP contribution in [0.25, 0.3) is 0 Å². The van der Waals surface area contributed by atoms with Crippen molar-refractivity contribution in [1.82, 2.24) is 0 Å². The number of benzene rings is 3. The average molecular weight is 373 g/mol. The van der Waals surface area contributed by atoms with Crippen molar-refractivity contribution in [1.29, 1.82) is 5.26 Å². The predicted molar refractivity (Wildman–Crippen MR) is 104 cm³/mol. The van der Waals surface area contributed by atoms with E-state index in [1.165, 1.54) is 6.07 Å². The molecular formula is C23H19NO4. The molecular weight excluding hydrogens is 354 g/mol. The Balaban J connectivity index is 1.86. The Morgan fingerprint density at radius 3 is 1.89 bits per heavy atom. The summed E-state index contributed by atoms with van der Waals surface area (Å²) in [5, 5.41) is 18.7. The molecule has 0 unspecified atom stereocenters. The molecule has 5 heteroatoms. The van der Waals surface area contributed by atoms with Crippen LogP contribution in [0.5, 0.6) is 11.5 Å². The van der Waals surface area contributed by atoms with E-state index in [2.05, 4.69) is 6.07 Å². The quantitative estimate of drug-likeness (QED) is 0.624. The van der Waals surface area contributed by atoms with Crippen LogP contribution in [-0.2, 0) is 19.6 Å². The number of hydrogen-bond donors (Lipinski definition) is 1. The van der Waals surface area contributed by atoms with Crippen LogP contribution >= 0.6 is 0 Å². The van der Waals surface area contributed by atoms with E-state index >= 15 is 0 Å². The number of aromatic carboxylic acids is 1. The van der Waals surface area contributed by atoms with Crippen molar-refractivity contribution in [3.05, 3.63) is 95.1 Å². The number of rotatable bonds is 8. The highest BCUT2D eigenvalue weighted by Gasteiger charge is 2.17. The number of carboxylic acid groups (broad SMARTS) is 1. The number of carbonyl (C=O) groups is 1. The summed E-state index contributed by atoms with van der Waals surface area (Å²) in [4.78, 5) is 11.7. The van der Waals surface area contributed by atoms with E-state index in [-0.39, 0.29) is 30.9 Å². The summed E-state index contributed by atoms with van der Waals surface area (Å²) in [5.41, 5.74) is 2.46. The molecule has 0 aliphatic carbocycles. The molecule has 0 bridgehead atoms. The van der Waals surface area contributed by atoms with Crippen molar-refractivity contribution in [2.24, 2.45) is 0 Å². The Morgan fingerprint density at radius 1 is 0.857 bits per heavy atom. The van der Waals surface area contributed by atoms with Gasteiger partial charge in [-0.2, -0.15) is 5.26 Å². The van der Waals surface area contributed by atoms with Gasteiger partial charge in [0.1, 0.15) is 30.3 Å². The molecule has 0 heterocycles. The van der Waals surface area contributed by atoms with E-state index in [4.69, 9.17) is 14.7 Å². The topological polar surface area (TPSA) is 79.5 Å². The Bertz CT molecular complexity index is 979. The van der Waals surface area contributed by atoms with Gasteiger partial charge in [-0.05, 0) is 23.3 Å². The number of nitriles is 1. The second-order valence-electron chi connectivity index (χ2n) is 6.14. The van der Waals surface area contributed by atoms with Crippen molar-refractivity contribution in [2.75, 3.05) is 0 Å². The van der Waals surface area contributed by atoms with Gasteiger partial charge in [-0.3, -0.25) is 0 Å². The first-order valence-corrected chi connectivity index (χ1v) is 8.78. The number of hydrogen-bond acceptors (Lipinski definition) is 4. The molecule has 0 atom stereocenters. The fourth-order valence-electron chi connectivity index (χ4n) is 2.72. The third-order valence-electron chi connectivity index (χ3n) is 4.14. The van der Waals surface area contributed by atoms with Gasteiger partial charge in [-0.1, -0.05) is 60.7 Å². The van der Waals surface area contributed by atoms with Crippen LogP contribution < -0.4 is 9.47 Å². The van der Waals surface area contributed by atoms with Crippen LogP contribution in [-0.4, -0.2) is 11.1 Å².